The predicted octanol–water partition coefficient (Wildman–Crippen LogP) is 6.16. The van der Waals surface area contributed by atoms with Crippen LogP contribution < -0.4 is 14.4 Å². The first-order valence-electron chi connectivity index (χ1n) is 9.44. The van der Waals surface area contributed by atoms with E-state index in [1.807, 2.05) is 38.4 Å². The van der Waals surface area contributed by atoms with E-state index in [0.29, 0.717) is 0 Å². The van der Waals surface area contributed by atoms with Crippen molar-refractivity contribution in [2.75, 3.05) is 32.2 Å². The SMILES string of the molecule is CN(C)c1ccc(OCCCCCCCCOc2ccc(I)cc2)cc1. The summed E-state index contributed by atoms with van der Waals surface area (Å²) in [6.07, 6.45) is 7.25. The lowest BCUT2D eigenvalue weighted by atomic mass is 10.1. The third-order valence-electron chi connectivity index (χ3n) is 4.24. The van der Waals surface area contributed by atoms with Gasteiger partial charge in [-0.2, -0.15) is 0 Å². The molecule has 2 rings (SSSR count). The molecule has 0 bridgehead atoms. The highest BCUT2D eigenvalue weighted by molar-refractivity contribution is 14.1. The number of unbranched alkanes of at least 4 members (excludes halogenated alkanes) is 5. The summed E-state index contributed by atoms with van der Waals surface area (Å²) in [5, 5.41) is 0. The lowest BCUT2D eigenvalue weighted by Gasteiger charge is -2.13. The Kier molecular flexibility index (Phi) is 9.67. The van der Waals surface area contributed by atoms with Gasteiger partial charge < -0.3 is 14.4 Å². The monoisotopic (exact) mass is 467 g/mol. The van der Waals surface area contributed by atoms with Crippen molar-refractivity contribution in [3.8, 4) is 11.5 Å². The molecule has 4 heteroatoms. The Morgan fingerprint density at radius 2 is 1.08 bits per heavy atom. The van der Waals surface area contributed by atoms with E-state index < -0.39 is 0 Å². The van der Waals surface area contributed by atoms with Gasteiger partial charge in [0.05, 0.1) is 13.2 Å². The molecule has 0 radical (unpaired) electrons. The molecule has 0 fully saturated rings. The fourth-order valence-corrected chi connectivity index (χ4v) is 3.02. The van der Waals surface area contributed by atoms with Crippen molar-refractivity contribution in [1.82, 2.24) is 0 Å². The molecule has 0 amide bonds. The first-order valence-corrected chi connectivity index (χ1v) is 10.5. The molecular weight excluding hydrogens is 437 g/mol. The topological polar surface area (TPSA) is 21.7 Å². The minimum absolute atomic E-state index is 0.803. The zero-order valence-electron chi connectivity index (χ0n) is 15.9. The van der Waals surface area contributed by atoms with Crippen molar-refractivity contribution in [3.63, 3.8) is 0 Å². The van der Waals surface area contributed by atoms with Gasteiger partial charge in [0, 0.05) is 23.4 Å². The molecule has 0 aliphatic heterocycles. The van der Waals surface area contributed by atoms with Gasteiger partial charge in [0.2, 0.25) is 0 Å². The molecule has 0 heterocycles. The van der Waals surface area contributed by atoms with Gasteiger partial charge in [0.15, 0.2) is 0 Å². The second-order valence-electron chi connectivity index (χ2n) is 6.66. The van der Waals surface area contributed by atoms with Crippen LogP contribution in [0.2, 0.25) is 0 Å². The van der Waals surface area contributed by atoms with Crippen LogP contribution in [-0.2, 0) is 0 Å². The number of benzene rings is 2. The van der Waals surface area contributed by atoms with Crippen LogP contribution in [0.4, 0.5) is 5.69 Å². The fraction of sp³-hybridized carbons (Fsp3) is 0.455. The van der Waals surface area contributed by atoms with Gasteiger partial charge >= 0.3 is 0 Å². The Bertz CT molecular complexity index is 611. The average Bonchev–Trinajstić information content (AvgIpc) is 2.65. The Balaban J connectivity index is 1.42. The molecule has 2 aromatic carbocycles. The first kappa shape index (κ1) is 20.9. The van der Waals surface area contributed by atoms with Crippen LogP contribution in [0.25, 0.3) is 0 Å². The number of rotatable bonds is 12. The lowest BCUT2D eigenvalue weighted by Crippen LogP contribution is -2.08. The van der Waals surface area contributed by atoms with Crippen molar-refractivity contribution < 1.29 is 9.47 Å². The number of anilines is 1. The van der Waals surface area contributed by atoms with Crippen LogP contribution >= 0.6 is 22.6 Å². The number of hydrogen-bond acceptors (Lipinski definition) is 3. The molecule has 0 aromatic heterocycles. The van der Waals surface area contributed by atoms with Gasteiger partial charge in [-0.1, -0.05) is 25.7 Å². The highest BCUT2D eigenvalue weighted by atomic mass is 127. The van der Waals surface area contributed by atoms with Gasteiger partial charge in [0.25, 0.3) is 0 Å². The average molecular weight is 467 g/mol. The van der Waals surface area contributed by atoms with Crippen molar-refractivity contribution in [3.05, 3.63) is 52.1 Å². The van der Waals surface area contributed by atoms with E-state index in [0.717, 1.165) is 37.6 Å². The summed E-state index contributed by atoms with van der Waals surface area (Å²) in [4.78, 5) is 2.09. The molecule has 26 heavy (non-hydrogen) atoms. The molecule has 0 saturated heterocycles. The second-order valence-corrected chi connectivity index (χ2v) is 7.91. The summed E-state index contributed by atoms with van der Waals surface area (Å²) >= 11 is 2.31. The van der Waals surface area contributed by atoms with E-state index in [1.165, 1.54) is 34.9 Å². The second kappa shape index (κ2) is 12.0. The van der Waals surface area contributed by atoms with E-state index in [-0.39, 0.29) is 0 Å². The van der Waals surface area contributed by atoms with Crippen LogP contribution in [0.3, 0.4) is 0 Å². The normalized spacial score (nSPS) is 10.6. The molecule has 0 unspecified atom stereocenters. The van der Waals surface area contributed by atoms with Crippen LogP contribution in [0.1, 0.15) is 38.5 Å². The number of hydrogen-bond donors (Lipinski definition) is 0. The van der Waals surface area contributed by atoms with E-state index in [9.17, 15) is 0 Å². The smallest absolute Gasteiger partial charge is 0.119 e. The van der Waals surface area contributed by atoms with Crippen LogP contribution in [0, 0.1) is 3.57 Å². The quantitative estimate of drug-likeness (QED) is 0.276. The van der Waals surface area contributed by atoms with Crippen molar-refractivity contribution >= 4 is 28.3 Å². The van der Waals surface area contributed by atoms with Gasteiger partial charge in [-0.15, -0.1) is 0 Å². The first-order chi connectivity index (χ1) is 12.6. The maximum atomic E-state index is 5.80. The van der Waals surface area contributed by atoms with Crippen molar-refractivity contribution in [2.24, 2.45) is 0 Å². The standard InChI is InChI=1S/C22H30INO2/c1-24(2)20-11-15-22(16-12-20)26-18-8-6-4-3-5-7-17-25-21-13-9-19(23)10-14-21/h9-16H,3-8,17-18H2,1-2H3. The maximum absolute atomic E-state index is 5.80. The molecule has 0 N–H and O–H groups in total. The van der Waals surface area contributed by atoms with Gasteiger partial charge in [-0.05, 0) is 84.0 Å². The summed E-state index contributed by atoms with van der Waals surface area (Å²) in [6, 6.07) is 16.5. The van der Waals surface area contributed by atoms with E-state index in [1.54, 1.807) is 0 Å². The van der Waals surface area contributed by atoms with Crippen LogP contribution in [0.5, 0.6) is 11.5 Å². The highest BCUT2D eigenvalue weighted by Crippen LogP contribution is 2.18. The maximum Gasteiger partial charge on any atom is 0.119 e. The lowest BCUT2D eigenvalue weighted by molar-refractivity contribution is 0.297. The van der Waals surface area contributed by atoms with Crippen molar-refractivity contribution in [2.45, 2.75) is 38.5 Å². The summed E-state index contributed by atoms with van der Waals surface area (Å²) in [7, 11) is 4.09. The fourth-order valence-electron chi connectivity index (χ4n) is 2.66. The molecule has 0 aliphatic carbocycles. The molecule has 0 saturated carbocycles. The zero-order valence-corrected chi connectivity index (χ0v) is 18.1. The van der Waals surface area contributed by atoms with E-state index in [4.69, 9.17) is 9.47 Å². The van der Waals surface area contributed by atoms with Gasteiger partial charge in [-0.25, -0.2) is 0 Å². The molecule has 3 nitrogen and oxygen atoms in total. The number of nitrogens with zero attached hydrogens (tertiary/aromatic N) is 1. The predicted molar refractivity (Wildman–Crippen MR) is 119 cm³/mol. The highest BCUT2D eigenvalue weighted by Gasteiger charge is 1.98. The number of ether oxygens (including phenoxy) is 2. The molecule has 2 aromatic rings. The Morgan fingerprint density at radius 1 is 0.654 bits per heavy atom. The zero-order chi connectivity index (χ0) is 18.6. The molecular formula is C22H30INO2. The third kappa shape index (κ3) is 8.30. The van der Waals surface area contributed by atoms with Crippen LogP contribution in [-0.4, -0.2) is 27.3 Å². The minimum Gasteiger partial charge on any atom is -0.494 e. The Labute approximate surface area is 171 Å². The Morgan fingerprint density at radius 3 is 1.54 bits per heavy atom. The molecule has 0 atom stereocenters. The molecule has 142 valence electrons. The summed E-state index contributed by atoms with van der Waals surface area (Å²) in [5.74, 6) is 1.93. The summed E-state index contributed by atoms with van der Waals surface area (Å²) in [6.45, 7) is 1.61. The number of halogens is 1. The van der Waals surface area contributed by atoms with E-state index in [2.05, 4.69) is 51.8 Å². The molecule has 0 spiro atoms. The summed E-state index contributed by atoms with van der Waals surface area (Å²) in [5.41, 5.74) is 1.20. The van der Waals surface area contributed by atoms with Crippen molar-refractivity contribution in [1.29, 1.82) is 0 Å². The largest absolute Gasteiger partial charge is 0.494 e. The summed E-state index contributed by atoms with van der Waals surface area (Å²) < 4.78 is 12.8. The van der Waals surface area contributed by atoms with Crippen LogP contribution in [0.15, 0.2) is 48.5 Å². The van der Waals surface area contributed by atoms with E-state index >= 15 is 0 Å². The third-order valence-corrected chi connectivity index (χ3v) is 4.96. The minimum atomic E-state index is 0.803. The van der Waals surface area contributed by atoms with Gasteiger partial charge in [-0.3, -0.25) is 0 Å². The van der Waals surface area contributed by atoms with Gasteiger partial charge in [0.1, 0.15) is 11.5 Å². The Hall–Kier alpha value is -1.43. The molecule has 0 aliphatic rings.